The van der Waals surface area contributed by atoms with E-state index in [4.69, 9.17) is 28.5 Å². The van der Waals surface area contributed by atoms with Crippen molar-refractivity contribution in [2.24, 2.45) is 0 Å². The van der Waals surface area contributed by atoms with Crippen LogP contribution in [0.5, 0.6) is 5.75 Å². The second kappa shape index (κ2) is 6.97. The zero-order chi connectivity index (χ0) is 12.7. The summed E-state index contributed by atoms with van der Waals surface area (Å²) in [5.41, 5.74) is 5.32. The van der Waals surface area contributed by atoms with Gasteiger partial charge < -0.3 is 10.5 Å². The van der Waals surface area contributed by atoms with Gasteiger partial charge in [-0.15, -0.1) is 6.42 Å². The summed E-state index contributed by atoms with van der Waals surface area (Å²) < 4.78 is 18.1. The Morgan fingerprint density at radius 1 is 1.50 bits per heavy atom. The molecule has 1 aromatic carbocycles. The molecule has 0 bridgehead atoms. The molecule has 0 amide bonds. The van der Waals surface area contributed by atoms with Gasteiger partial charge in [0.25, 0.3) is 0 Å². The lowest BCUT2D eigenvalue weighted by molar-refractivity contribution is 0.279. The van der Waals surface area contributed by atoms with E-state index in [1.54, 1.807) is 6.92 Å². The van der Waals surface area contributed by atoms with Gasteiger partial charge in [0.2, 0.25) is 0 Å². The van der Waals surface area contributed by atoms with Crippen LogP contribution in [-0.4, -0.2) is 6.10 Å². The predicted molar refractivity (Wildman–Crippen MR) is 66.1 cm³/mol. The first-order valence-electron chi connectivity index (χ1n) is 4.92. The Balaban J connectivity index is 0.00000106. The standard InChI is InChI=1S/C10H9ClFNO.C2H6/c1-3-6(2)14-10-5-9(13)8(12)4-7(10)11;1-2/h1,4-6H,13H2,2H3;1-2H3. The summed E-state index contributed by atoms with van der Waals surface area (Å²) in [4.78, 5) is 0. The summed E-state index contributed by atoms with van der Waals surface area (Å²) >= 11 is 5.71. The molecule has 0 saturated heterocycles. The van der Waals surface area contributed by atoms with Gasteiger partial charge in [-0.2, -0.15) is 0 Å². The molecule has 16 heavy (non-hydrogen) atoms. The van der Waals surface area contributed by atoms with E-state index in [-0.39, 0.29) is 16.5 Å². The molecule has 4 heteroatoms. The van der Waals surface area contributed by atoms with Crippen LogP contribution >= 0.6 is 11.6 Å². The van der Waals surface area contributed by atoms with E-state index in [0.717, 1.165) is 6.07 Å². The second-order valence-electron chi connectivity index (χ2n) is 2.73. The molecule has 0 heterocycles. The van der Waals surface area contributed by atoms with Gasteiger partial charge in [0.1, 0.15) is 11.6 Å². The van der Waals surface area contributed by atoms with Gasteiger partial charge >= 0.3 is 0 Å². The zero-order valence-electron chi connectivity index (χ0n) is 9.55. The fraction of sp³-hybridized carbons (Fsp3) is 0.333. The van der Waals surface area contributed by atoms with Gasteiger partial charge in [0.15, 0.2) is 6.10 Å². The van der Waals surface area contributed by atoms with E-state index in [1.165, 1.54) is 6.07 Å². The molecule has 0 spiro atoms. The molecular weight excluding hydrogens is 229 g/mol. The average Bonchev–Trinajstić information content (AvgIpc) is 2.28. The third-order valence-corrected chi connectivity index (χ3v) is 1.89. The first-order valence-corrected chi connectivity index (χ1v) is 5.29. The molecule has 2 N–H and O–H groups in total. The lowest BCUT2D eigenvalue weighted by Gasteiger charge is -2.11. The predicted octanol–water partition coefficient (Wildman–Crippen LogP) is 3.49. The molecule has 1 aromatic rings. The molecule has 1 atom stereocenters. The fourth-order valence-electron chi connectivity index (χ4n) is 0.860. The smallest absolute Gasteiger partial charge is 0.156 e. The average molecular weight is 244 g/mol. The van der Waals surface area contributed by atoms with Crippen molar-refractivity contribution in [2.75, 3.05) is 5.73 Å². The van der Waals surface area contributed by atoms with Crippen molar-refractivity contribution in [3.05, 3.63) is 23.0 Å². The number of nitrogens with two attached hydrogens (primary N) is 1. The van der Waals surface area contributed by atoms with Gasteiger partial charge in [-0.3, -0.25) is 0 Å². The summed E-state index contributed by atoms with van der Waals surface area (Å²) in [6.07, 6.45) is 4.68. The van der Waals surface area contributed by atoms with Crippen LogP contribution in [0.25, 0.3) is 0 Å². The zero-order valence-corrected chi connectivity index (χ0v) is 10.3. The van der Waals surface area contributed by atoms with Gasteiger partial charge in [-0.1, -0.05) is 31.4 Å². The van der Waals surface area contributed by atoms with Crippen molar-refractivity contribution >= 4 is 17.3 Å². The Morgan fingerprint density at radius 2 is 2.06 bits per heavy atom. The minimum atomic E-state index is -0.573. The summed E-state index contributed by atoms with van der Waals surface area (Å²) in [5.74, 6) is 2.07. The van der Waals surface area contributed by atoms with Crippen LogP contribution in [-0.2, 0) is 0 Å². The Bertz CT molecular complexity index is 387. The minimum Gasteiger partial charge on any atom is -0.476 e. The van der Waals surface area contributed by atoms with Crippen molar-refractivity contribution in [1.29, 1.82) is 0 Å². The number of benzene rings is 1. The van der Waals surface area contributed by atoms with Crippen molar-refractivity contribution in [3.8, 4) is 18.1 Å². The quantitative estimate of drug-likeness (QED) is 0.638. The van der Waals surface area contributed by atoms with Crippen molar-refractivity contribution in [2.45, 2.75) is 26.9 Å². The number of terminal acetylenes is 1. The largest absolute Gasteiger partial charge is 0.476 e. The van der Waals surface area contributed by atoms with Crippen LogP contribution in [0.1, 0.15) is 20.8 Å². The maximum Gasteiger partial charge on any atom is 0.156 e. The van der Waals surface area contributed by atoms with Crippen LogP contribution < -0.4 is 10.5 Å². The van der Waals surface area contributed by atoms with E-state index in [0.29, 0.717) is 0 Å². The summed E-state index contributed by atoms with van der Waals surface area (Å²) in [5, 5.41) is 0.152. The van der Waals surface area contributed by atoms with Crippen LogP contribution in [0, 0.1) is 18.2 Å². The second-order valence-corrected chi connectivity index (χ2v) is 3.14. The topological polar surface area (TPSA) is 35.2 Å². The molecule has 1 unspecified atom stereocenters. The van der Waals surface area contributed by atoms with Crippen molar-refractivity contribution < 1.29 is 9.13 Å². The summed E-state index contributed by atoms with van der Waals surface area (Å²) in [7, 11) is 0. The normalized spacial score (nSPS) is 10.8. The first-order chi connectivity index (χ1) is 7.54. The molecule has 0 aliphatic carbocycles. The number of hydrogen-bond acceptors (Lipinski definition) is 2. The van der Waals surface area contributed by atoms with Crippen LogP contribution in [0.3, 0.4) is 0 Å². The van der Waals surface area contributed by atoms with Crippen molar-refractivity contribution in [1.82, 2.24) is 0 Å². The third-order valence-electron chi connectivity index (χ3n) is 1.59. The maximum absolute atomic E-state index is 12.9. The number of anilines is 1. The minimum absolute atomic E-state index is 0.0198. The molecule has 88 valence electrons. The molecule has 0 radical (unpaired) electrons. The van der Waals surface area contributed by atoms with Crippen LogP contribution in [0.15, 0.2) is 12.1 Å². The Kier molecular flexibility index (Phi) is 6.36. The molecule has 0 aromatic heterocycles. The highest BCUT2D eigenvalue weighted by atomic mass is 35.5. The van der Waals surface area contributed by atoms with E-state index >= 15 is 0 Å². The molecule has 0 saturated carbocycles. The SMILES string of the molecule is C#CC(C)Oc1cc(N)c(F)cc1Cl.CC. The highest BCUT2D eigenvalue weighted by Crippen LogP contribution is 2.29. The lowest BCUT2D eigenvalue weighted by Crippen LogP contribution is -2.09. The monoisotopic (exact) mass is 243 g/mol. The van der Waals surface area contributed by atoms with Gasteiger partial charge in [-0.05, 0) is 13.0 Å². The summed E-state index contributed by atoms with van der Waals surface area (Å²) in [6, 6.07) is 2.40. The number of ether oxygens (including phenoxy) is 1. The van der Waals surface area contributed by atoms with E-state index in [9.17, 15) is 4.39 Å². The fourth-order valence-corrected chi connectivity index (χ4v) is 1.05. The molecule has 0 aliphatic heterocycles. The molecule has 2 nitrogen and oxygen atoms in total. The Hall–Kier alpha value is -1.40. The Morgan fingerprint density at radius 3 is 2.56 bits per heavy atom. The molecule has 1 rings (SSSR count). The van der Waals surface area contributed by atoms with Gasteiger partial charge in [0.05, 0.1) is 10.7 Å². The number of rotatable bonds is 2. The van der Waals surface area contributed by atoms with E-state index in [1.807, 2.05) is 13.8 Å². The number of nitrogen functional groups attached to an aromatic ring is 1. The van der Waals surface area contributed by atoms with Gasteiger partial charge in [0, 0.05) is 6.07 Å². The number of hydrogen-bond donors (Lipinski definition) is 1. The third kappa shape index (κ3) is 4.00. The number of halogens is 2. The van der Waals surface area contributed by atoms with Crippen LogP contribution in [0.2, 0.25) is 5.02 Å². The molecular formula is C12H15ClFNO. The Labute approximate surface area is 101 Å². The van der Waals surface area contributed by atoms with Crippen LogP contribution in [0.4, 0.5) is 10.1 Å². The van der Waals surface area contributed by atoms with E-state index in [2.05, 4.69) is 5.92 Å². The maximum atomic E-state index is 12.9. The molecule has 0 aliphatic rings. The van der Waals surface area contributed by atoms with Gasteiger partial charge in [-0.25, -0.2) is 4.39 Å². The first kappa shape index (κ1) is 14.6. The lowest BCUT2D eigenvalue weighted by atomic mass is 10.3. The summed E-state index contributed by atoms with van der Waals surface area (Å²) in [6.45, 7) is 5.68. The highest BCUT2D eigenvalue weighted by molar-refractivity contribution is 6.32. The van der Waals surface area contributed by atoms with E-state index < -0.39 is 11.9 Å². The highest BCUT2D eigenvalue weighted by Gasteiger charge is 2.09. The molecule has 0 fully saturated rings. The van der Waals surface area contributed by atoms with Crippen molar-refractivity contribution in [3.63, 3.8) is 0 Å².